The number of nitrogens with one attached hydrogen (secondary N) is 1. The fourth-order valence-electron chi connectivity index (χ4n) is 5.76. The Kier molecular flexibility index (Phi) is 9.48. The van der Waals surface area contributed by atoms with Gasteiger partial charge in [0.1, 0.15) is 5.75 Å². The average Bonchev–Trinajstić information content (AvgIpc) is 2.79. The van der Waals surface area contributed by atoms with E-state index in [4.69, 9.17) is 9.47 Å². The van der Waals surface area contributed by atoms with Crippen LogP contribution in [0.1, 0.15) is 91.0 Å². The van der Waals surface area contributed by atoms with Crippen LogP contribution in [-0.2, 0) is 16.0 Å². The van der Waals surface area contributed by atoms with Crippen molar-refractivity contribution >= 4 is 12.0 Å². The Morgan fingerprint density at radius 3 is 2.31 bits per heavy atom. The number of methoxy groups -OCH3 is 1. The van der Waals surface area contributed by atoms with E-state index in [1.54, 1.807) is 7.11 Å². The molecule has 1 unspecified atom stereocenters. The van der Waals surface area contributed by atoms with E-state index in [0.717, 1.165) is 24.4 Å². The highest BCUT2D eigenvalue weighted by molar-refractivity contribution is 5.84. The van der Waals surface area contributed by atoms with Crippen LogP contribution in [0.2, 0.25) is 0 Å². The molecule has 1 N–H and O–H groups in total. The molecule has 1 saturated carbocycles. The van der Waals surface area contributed by atoms with Crippen molar-refractivity contribution in [3.05, 3.63) is 29.8 Å². The van der Waals surface area contributed by atoms with Gasteiger partial charge in [-0.15, -0.1) is 0 Å². The van der Waals surface area contributed by atoms with E-state index in [9.17, 15) is 9.59 Å². The fourth-order valence-corrected chi connectivity index (χ4v) is 5.76. The Labute approximate surface area is 212 Å². The minimum Gasteiger partial charge on any atom is -0.497 e. The molecule has 35 heavy (non-hydrogen) atoms. The van der Waals surface area contributed by atoms with E-state index in [1.165, 1.54) is 57.8 Å². The molecule has 1 aromatic carbocycles. The van der Waals surface area contributed by atoms with Crippen molar-refractivity contribution in [1.29, 1.82) is 0 Å². The zero-order chi connectivity index (χ0) is 25.5. The summed E-state index contributed by atoms with van der Waals surface area (Å²) in [5, 5.41) is 2.83. The van der Waals surface area contributed by atoms with Crippen LogP contribution in [0.25, 0.3) is 0 Å². The smallest absolute Gasteiger partial charge is 0.408 e. The molecule has 0 aromatic heterocycles. The molecule has 1 aliphatic heterocycles. The van der Waals surface area contributed by atoms with Crippen molar-refractivity contribution in [3.8, 4) is 5.75 Å². The van der Waals surface area contributed by atoms with Gasteiger partial charge in [-0.1, -0.05) is 57.6 Å². The van der Waals surface area contributed by atoms with Gasteiger partial charge in [0, 0.05) is 30.5 Å². The van der Waals surface area contributed by atoms with Gasteiger partial charge in [-0.05, 0) is 63.6 Å². The number of ether oxygens (including phenoxy) is 2. The third-order valence-corrected chi connectivity index (χ3v) is 7.65. The predicted octanol–water partition coefficient (Wildman–Crippen LogP) is 6.12. The van der Waals surface area contributed by atoms with Gasteiger partial charge in [-0.25, -0.2) is 4.79 Å². The van der Waals surface area contributed by atoms with Crippen molar-refractivity contribution in [2.24, 2.45) is 11.3 Å². The SMILES string of the molecule is CCCCCC1(C2CCCCC2)CN(C(=O)C(Cc2ccc(OC)cc2)OC(=O)NC(C)(C)C)C1. The van der Waals surface area contributed by atoms with Gasteiger partial charge in [-0.2, -0.15) is 0 Å². The highest BCUT2D eigenvalue weighted by Gasteiger charge is 2.51. The monoisotopic (exact) mass is 486 g/mol. The average molecular weight is 487 g/mol. The van der Waals surface area contributed by atoms with Crippen LogP contribution >= 0.6 is 0 Å². The zero-order valence-electron chi connectivity index (χ0n) is 22.5. The van der Waals surface area contributed by atoms with Crippen LogP contribution in [0.4, 0.5) is 4.79 Å². The number of carbonyl (C=O) groups is 2. The first-order valence-corrected chi connectivity index (χ1v) is 13.6. The highest BCUT2D eigenvalue weighted by atomic mass is 16.6. The van der Waals surface area contributed by atoms with Crippen LogP contribution in [-0.4, -0.2) is 48.7 Å². The molecule has 2 fully saturated rings. The maximum absolute atomic E-state index is 13.7. The summed E-state index contributed by atoms with van der Waals surface area (Å²) >= 11 is 0. The van der Waals surface area contributed by atoms with Crippen molar-refractivity contribution in [2.75, 3.05) is 20.2 Å². The van der Waals surface area contributed by atoms with Gasteiger partial charge in [0.25, 0.3) is 5.91 Å². The quantitative estimate of drug-likeness (QED) is 0.405. The Bertz CT molecular complexity index is 818. The highest BCUT2D eigenvalue weighted by Crippen LogP contribution is 2.48. The first kappa shape index (κ1) is 27.3. The maximum Gasteiger partial charge on any atom is 0.408 e. The summed E-state index contributed by atoms with van der Waals surface area (Å²) in [5.41, 5.74) is 0.746. The number of unbranched alkanes of at least 4 members (excludes halogenated alkanes) is 2. The molecule has 2 amide bonds. The van der Waals surface area contributed by atoms with Crippen molar-refractivity contribution in [1.82, 2.24) is 10.2 Å². The Morgan fingerprint density at radius 2 is 1.74 bits per heavy atom. The van der Waals surface area contributed by atoms with E-state index in [0.29, 0.717) is 12.3 Å². The number of likely N-dealkylation sites (tertiary alicyclic amines) is 1. The van der Waals surface area contributed by atoms with Crippen LogP contribution in [0.15, 0.2) is 24.3 Å². The third kappa shape index (κ3) is 7.62. The zero-order valence-corrected chi connectivity index (χ0v) is 22.5. The molecule has 2 aliphatic rings. The Balaban J connectivity index is 1.71. The molecule has 0 radical (unpaired) electrons. The Hall–Kier alpha value is -2.24. The van der Waals surface area contributed by atoms with Gasteiger partial charge in [-0.3, -0.25) is 4.79 Å². The van der Waals surface area contributed by atoms with Gasteiger partial charge in [0.15, 0.2) is 6.10 Å². The summed E-state index contributed by atoms with van der Waals surface area (Å²) in [6, 6.07) is 7.60. The maximum atomic E-state index is 13.7. The Morgan fingerprint density at radius 1 is 1.09 bits per heavy atom. The van der Waals surface area contributed by atoms with Gasteiger partial charge in [0.2, 0.25) is 0 Å². The fraction of sp³-hybridized carbons (Fsp3) is 0.724. The molecule has 6 heteroatoms. The number of amides is 2. The summed E-state index contributed by atoms with van der Waals surface area (Å²) in [4.78, 5) is 28.2. The van der Waals surface area contributed by atoms with Crippen molar-refractivity contribution in [2.45, 2.75) is 104 Å². The molecule has 6 nitrogen and oxygen atoms in total. The van der Waals surface area contributed by atoms with Crippen LogP contribution in [0.5, 0.6) is 5.75 Å². The molecule has 196 valence electrons. The number of nitrogens with zero attached hydrogens (tertiary/aromatic N) is 1. The number of alkyl carbamates (subject to hydrolysis) is 1. The molecule has 1 heterocycles. The lowest BCUT2D eigenvalue weighted by atomic mass is 9.61. The van der Waals surface area contributed by atoms with Crippen molar-refractivity contribution < 1.29 is 19.1 Å². The summed E-state index contributed by atoms with van der Waals surface area (Å²) in [6.07, 6.45) is 10.4. The largest absolute Gasteiger partial charge is 0.497 e. The van der Waals surface area contributed by atoms with Crippen LogP contribution in [0, 0.1) is 11.3 Å². The molecule has 0 bridgehead atoms. The third-order valence-electron chi connectivity index (χ3n) is 7.65. The standard InChI is InChI=1S/C29H46N2O4/c1-6-7-11-18-29(23-12-9-8-10-13-23)20-31(21-29)26(32)25(35-27(33)30-28(2,3)4)19-22-14-16-24(34-5)17-15-22/h14-17,23,25H,6-13,18-21H2,1-5H3,(H,30,33). The number of hydrogen-bond donors (Lipinski definition) is 1. The molecular weight excluding hydrogens is 440 g/mol. The number of hydrogen-bond acceptors (Lipinski definition) is 4. The van der Waals surface area contributed by atoms with Gasteiger partial charge >= 0.3 is 6.09 Å². The number of rotatable bonds is 10. The first-order valence-electron chi connectivity index (χ1n) is 13.6. The second-order valence-corrected chi connectivity index (χ2v) is 11.7. The molecule has 1 atom stereocenters. The van der Waals surface area contributed by atoms with E-state index >= 15 is 0 Å². The number of benzene rings is 1. The molecule has 1 saturated heterocycles. The molecule has 1 aromatic rings. The second kappa shape index (κ2) is 12.1. The van der Waals surface area contributed by atoms with E-state index < -0.39 is 17.7 Å². The lowest BCUT2D eigenvalue weighted by Gasteiger charge is -2.56. The van der Waals surface area contributed by atoms with Crippen LogP contribution in [0.3, 0.4) is 0 Å². The number of carbonyl (C=O) groups excluding carboxylic acids is 2. The minimum absolute atomic E-state index is 0.0770. The van der Waals surface area contributed by atoms with E-state index in [-0.39, 0.29) is 11.3 Å². The van der Waals surface area contributed by atoms with E-state index in [1.807, 2.05) is 49.9 Å². The summed E-state index contributed by atoms with van der Waals surface area (Å²) in [7, 11) is 1.63. The minimum atomic E-state index is -0.842. The predicted molar refractivity (Wildman–Crippen MR) is 140 cm³/mol. The molecule has 3 rings (SSSR count). The van der Waals surface area contributed by atoms with Gasteiger partial charge in [0.05, 0.1) is 7.11 Å². The molecular formula is C29H46N2O4. The second-order valence-electron chi connectivity index (χ2n) is 11.7. The molecule has 1 aliphatic carbocycles. The normalized spacial score (nSPS) is 18.9. The lowest BCUT2D eigenvalue weighted by molar-refractivity contribution is -0.159. The molecule has 0 spiro atoms. The van der Waals surface area contributed by atoms with Crippen LogP contribution < -0.4 is 10.1 Å². The van der Waals surface area contributed by atoms with E-state index in [2.05, 4.69) is 12.2 Å². The summed E-state index contributed by atoms with van der Waals surface area (Å²) < 4.78 is 11.0. The summed E-state index contributed by atoms with van der Waals surface area (Å²) in [5.74, 6) is 1.39. The summed E-state index contributed by atoms with van der Waals surface area (Å²) in [6.45, 7) is 9.54. The van der Waals surface area contributed by atoms with Gasteiger partial charge < -0.3 is 19.7 Å². The topological polar surface area (TPSA) is 67.9 Å². The van der Waals surface area contributed by atoms with Crippen molar-refractivity contribution in [3.63, 3.8) is 0 Å². The first-order chi connectivity index (χ1) is 16.7. The lowest BCUT2D eigenvalue weighted by Crippen LogP contribution is -2.64.